The van der Waals surface area contributed by atoms with Crippen molar-refractivity contribution in [2.75, 3.05) is 13.7 Å². The van der Waals surface area contributed by atoms with Crippen molar-refractivity contribution in [3.63, 3.8) is 0 Å². The number of rotatable bonds is 7. The summed E-state index contributed by atoms with van der Waals surface area (Å²) in [4.78, 5) is 0. The summed E-state index contributed by atoms with van der Waals surface area (Å²) in [5.74, 6) is 0.886. The van der Waals surface area contributed by atoms with E-state index in [2.05, 4.69) is 31.3 Å². The zero-order valence-electron chi connectivity index (χ0n) is 11.5. The molecule has 100 valence electrons. The zero-order valence-corrected chi connectivity index (χ0v) is 11.5. The molecule has 1 aromatic rings. The van der Waals surface area contributed by atoms with Gasteiger partial charge in [0.2, 0.25) is 0 Å². The molecule has 1 unspecified atom stereocenters. The van der Waals surface area contributed by atoms with Crippen LogP contribution >= 0.6 is 0 Å². The largest absolute Gasteiger partial charge is 0.497 e. The van der Waals surface area contributed by atoms with E-state index in [0.717, 1.165) is 12.3 Å². The molecule has 0 bridgehead atoms. The highest BCUT2D eigenvalue weighted by Gasteiger charge is 2.23. The molecule has 0 amide bonds. The number of methoxy groups -OCH3 is 1. The third-order valence-corrected chi connectivity index (χ3v) is 3.09. The topological polar surface area (TPSA) is 30.5 Å². The summed E-state index contributed by atoms with van der Waals surface area (Å²) >= 11 is 0. The van der Waals surface area contributed by atoms with Gasteiger partial charge in [-0.15, -0.1) is 0 Å². The van der Waals surface area contributed by atoms with Crippen molar-refractivity contribution in [1.29, 1.82) is 0 Å². The van der Waals surface area contributed by atoms with Gasteiger partial charge < -0.3 is 14.8 Å². The van der Waals surface area contributed by atoms with Gasteiger partial charge in [0.05, 0.1) is 19.3 Å². The first kappa shape index (κ1) is 13.4. The fourth-order valence-corrected chi connectivity index (χ4v) is 1.95. The van der Waals surface area contributed by atoms with Gasteiger partial charge in [-0.3, -0.25) is 0 Å². The van der Waals surface area contributed by atoms with E-state index >= 15 is 0 Å². The van der Waals surface area contributed by atoms with Gasteiger partial charge >= 0.3 is 0 Å². The summed E-state index contributed by atoms with van der Waals surface area (Å²) in [7, 11) is 1.69. The minimum absolute atomic E-state index is 0.122. The maximum atomic E-state index is 5.98. The van der Waals surface area contributed by atoms with Crippen molar-refractivity contribution in [2.45, 2.75) is 44.9 Å². The van der Waals surface area contributed by atoms with Gasteiger partial charge in [-0.05, 0) is 44.4 Å². The maximum Gasteiger partial charge on any atom is 0.118 e. The van der Waals surface area contributed by atoms with E-state index in [1.54, 1.807) is 7.11 Å². The molecule has 1 aromatic carbocycles. The van der Waals surface area contributed by atoms with Crippen LogP contribution in [0.1, 0.15) is 38.4 Å². The molecule has 0 heterocycles. The number of benzene rings is 1. The summed E-state index contributed by atoms with van der Waals surface area (Å²) in [5, 5.41) is 3.53. The predicted molar refractivity (Wildman–Crippen MR) is 73.0 cm³/mol. The number of nitrogens with one attached hydrogen (secondary N) is 1. The van der Waals surface area contributed by atoms with Crippen LogP contribution in [-0.4, -0.2) is 25.8 Å². The van der Waals surface area contributed by atoms with E-state index < -0.39 is 0 Å². The smallest absolute Gasteiger partial charge is 0.118 e. The Kier molecular flexibility index (Phi) is 4.61. The van der Waals surface area contributed by atoms with Gasteiger partial charge in [-0.25, -0.2) is 0 Å². The number of hydrogen-bond acceptors (Lipinski definition) is 3. The average molecular weight is 249 g/mol. The van der Waals surface area contributed by atoms with E-state index in [1.165, 1.54) is 18.4 Å². The standard InChI is InChI=1S/C15H23NO2/c1-11(2)18-15(10-16-13-6-7-13)12-4-8-14(17-3)9-5-12/h4-5,8-9,11,13,15-16H,6-7,10H2,1-3H3. The van der Waals surface area contributed by atoms with Gasteiger partial charge in [0.25, 0.3) is 0 Å². The molecule has 1 fully saturated rings. The molecule has 0 spiro atoms. The first-order chi connectivity index (χ1) is 8.69. The summed E-state index contributed by atoms with van der Waals surface area (Å²) in [6.07, 6.45) is 2.96. The van der Waals surface area contributed by atoms with Crippen LogP contribution < -0.4 is 10.1 Å². The Labute approximate surface area is 109 Å². The molecule has 0 aliphatic heterocycles. The maximum absolute atomic E-state index is 5.98. The van der Waals surface area contributed by atoms with Crippen molar-refractivity contribution in [2.24, 2.45) is 0 Å². The molecule has 1 atom stereocenters. The monoisotopic (exact) mass is 249 g/mol. The number of ether oxygens (including phenoxy) is 2. The summed E-state index contributed by atoms with van der Waals surface area (Å²) in [6, 6.07) is 8.86. The summed E-state index contributed by atoms with van der Waals surface area (Å²) < 4.78 is 11.2. The Morgan fingerprint density at radius 3 is 2.39 bits per heavy atom. The highest BCUT2D eigenvalue weighted by atomic mass is 16.5. The van der Waals surface area contributed by atoms with Crippen LogP contribution in [-0.2, 0) is 4.74 Å². The zero-order chi connectivity index (χ0) is 13.0. The molecular formula is C15H23NO2. The van der Waals surface area contributed by atoms with Crippen LogP contribution in [0.3, 0.4) is 0 Å². The second kappa shape index (κ2) is 6.21. The molecular weight excluding hydrogens is 226 g/mol. The Bertz CT molecular complexity index is 357. The molecule has 18 heavy (non-hydrogen) atoms. The third kappa shape index (κ3) is 4.00. The lowest BCUT2D eigenvalue weighted by Crippen LogP contribution is -2.26. The first-order valence-corrected chi connectivity index (χ1v) is 6.72. The Hall–Kier alpha value is -1.06. The van der Waals surface area contributed by atoms with Crippen molar-refractivity contribution >= 4 is 0 Å². The quantitative estimate of drug-likeness (QED) is 0.806. The van der Waals surface area contributed by atoms with Crippen molar-refractivity contribution in [3.05, 3.63) is 29.8 Å². The molecule has 1 aliphatic rings. The van der Waals surface area contributed by atoms with Crippen LogP contribution in [0.5, 0.6) is 5.75 Å². The fourth-order valence-electron chi connectivity index (χ4n) is 1.95. The Morgan fingerprint density at radius 2 is 1.89 bits per heavy atom. The predicted octanol–water partition coefficient (Wildman–Crippen LogP) is 2.91. The highest BCUT2D eigenvalue weighted by Crippen LogP contribution is 2.24. The molecule has 1 N–H and O–H groups in total. The van der Waals surface area contributed by atoms with Crippen molar-refractivity contribution < 1.29 is 9.47 Å². The second-order valence-electron chi connectivity index (χ2n) is 5.13. The Balaban J connectivity index is 1.99. The molecule has 2 rings (SSSR count). The van der Waals surface area contributed by atoms with E-state index in [4.69, 9.17) is 9.47 Å². The van der Waals surface area contributed by atoms with E-state index in [0.29, 0.717) is 6.04 Å². The number of hydrogen-bond donors (Lipinski definition) is 1. The second-order valence-corrected chi connectivity index (χ2v) is 5.13. The highest BCUT2D eigenvalue weighted by molar-refractivity contribution is 5.28. The van der Waals surface area contributed by atoms with Crippen LogP contribution in [0.4, 0.5) is 0 Å². The molecule has 1 saturated carbocycles. The average Bonchev–Trinajstić information content (AvgIpc) is 3.18. The molecule has 3 heteroatoms. The summed E-state index contributed by atoms with van der Waals surface area (Å²) in [5.41, 5.74) is 1.21. The summed E-state index contributed by atoms with van der Waals surface area (Å²) in [6.45, 7) is 5.04. The lowest BCUT2D eigenvalue weighted by Gasteiger charge is -2.21. The van der Waals surface area contributed by atoms with Crippen LogP contribution in [0.15, 0.2) is 24.3 Å². The van der Waals surface area contributed by atoms with Gasteiger partial charge in [0.1, 0.15) is 5.75 Å². The minimum atomic E-state index is 0.122. The van der Waals surface area contributed by atoms with E-state index in [-0.39, 0.29) is 12.2 Å². The third-order valence-electron chi connectivity index (χ3n) is 3.09. The van der Waals surface area contributed by atoms with Crippen molar-refractivity contribution in [3.8, 4) is 5.75 Å². The van der Waals surface area contributed by atoms with Crippen LogP contribution in [0.2, 0.25) is 0 Å². The lowest BCUT2D eigenvalue weighted by atomic mass is 10.1. The SMILES string of the molecule is COc1ccc(C(CNC2CC2)OC(C)C)cc1. The van der Waals surface area contributed by atoms with E-state index in [9.17, 15) is 0 Å². The molecule has 0 radical (unpaired) electrons. The van der Waals surface area contributed by atoms with Crippen LogP contribution in [0, 0.1) is 0 Å². The lowest BCUT2D eigenvalue weighted by molar-refractivity contribution is 0.00691. The first-order valence-electron chi connectivity index (χ1n) is 6.72. The molecule has 0 aromatic heterocycles. The van der Waals surface area contributed by atoms with Gasteiger partial charge in [-0.1, -0.05) is 12.1 Å². The van der Waals surface area contributed by atoms with Gasteiger partial charge in [0.15, 0.2) is 0 Å². The molecule has 1 aliphatic carbocycles. The minimum Gasteiger partial charge on any atom is -0.497 e. The molecule has 0 saturated heterocycles. The van der Waals surface area contributed by atoms with Crippen LogP contribution in [0.25, 0.3) is 0 Å². The van der Waals surface area contributed by atoms with Gasteiger partial charge in [0, 0.05) is 12.6 Å². The van der Waals surface area contributed by atoms with Crippen molar-refractivity contribution in [1.82, 2.24) is 5.32 Å². The van der Waals surface area contributed by atoms with E-state index in [1.807, 2.05) is 12.1 Å². The van der Waals surface area contributed by atoms with Gasteiger partial charge in [-0.2, -0.15) is 0 Å². The molecule has 3 nitrogen and oxygen atoms in total. The fraction of sp³-hybridized carbons (Fsp3) is 0.600. The normalized spacial score (nSPS) is 16.9. The Morgan fingerprint density at radius 1 is 1.22 bits per heavy atom.